The van der Waals surface area contributed by atoms with Crippen LogP contribution >= 0.6 is 0 Å². The predicted molar refractivity (Wildman–Crippen MR) is 96.5 cm³/mol. The van der Waals surface area contributed by atoms with Crippen molar-refractivity contribution in [3.63, 3.8) is 0 Å². The van der Waals surface area contributed by atoms with Crippen LogP contribution in [-0.4, -0.2) is 12.5 Å². The number of rotatable bonds is 6. The molecule has 4 heteroatoms. The van der Waals surface area contributed by atoms with Gasteiger partial charge >= 0.3 is 0 Å². The summed E-state index contributed by atoms with van der Waals surface area (Å²) in [6.07, 6.45) is 1.60. The third-order valence-corrected chi connectivity index (χ3v) is 4.11. The Balaban J connectivity index is 1.67. The lowest BCUT2D eigenvalue weighted by atomic mass is 10.0. The van der Waals surface area contributed by atoms with Gasteiger partial charge in [-0.25, -0.2) is 0 Å². The minimum absolute atomic E-state index is 0.0491. The first-order chi connectivity index (χ1) is 12.1. The van der Waals surface area contributed by atoms with E-state index in [1.165, 1.54) is 5.56 Å². The van der Waals surface area contributed by atoms with E-state index in [2.05, 4.69) is 5.32 Å². The van der Waals surface area contributed by atoms with E-state index in [-0.39, 0.29) is 18.6 Å². The van der Waals surface area contributed by atoms with Gasteiger partial charge in [0.2, 0.25) is 0 Å². The zero-order valence-electron chi connectivity index (χ0n) is 14.4. The smallest absolute Gasteiger partial charge is 0.258 e. The van der Waals surface area contributed by atoms with Crippen LogP contribution < -0.4 is 10.1 Å². The molecule has 1 N–H and O–H groups in total. The van der Waals surface area contributed by atoms with Gasteiger partial charge in [0.25, 0.3) is 5.91 Å². The Morgan fingerprint density at radius 2 is 1.84 bits per heavy atom. The molecule has 0 fully saturated rings. The second-order valence-corrected chi connectivity index (χ2v) is 5.96. The van der Waals surface area contributed by atoms with Crippen molar-refractivity contribution in [3.05, 3.63) is 89.4 Å². The van der Waals surface area contributed by atoms with Gasteiger partial charge < -0.3 is 14.5 Å². The van der Waals surface area contributed by atoms with Crippen LogP contribution in [0.1, 0.15) is 28.5 Å². The summed E-state index contributed by atoms with van der Waals surface area (Å²) in [5.41, 5.74) is 3.28. The first kappa shape index (κ1) is 16.8. The summed E-state index contributed by atoms with van der Waals surface area (Å²) in [5, 5.41) is 2.97. The van der Waals surface area contributed by atoms with Crippen LogP contribution in [0, 0.1) is 13.8 Å². The van der Waals surface area contributed by atoms with E-state index >= 15 is 0 Å². The highest BCUT2D eigenvalue weighted by molar-refractivity contribution is 5.78. The van der Waals surface area contributed by atoms with Gasteiger partial charge in [0.15, 0.2) is 6.61 Å². The van der Waals surface area contributed by atoms with E-state index in [0.717, 1.165) is 11.1 Å². The molecule has 0 radical (unpaired) electrons. The average Bonchev–Trinajstić information content (AvgIpc) is 3.16. The summed E-state index contributed by atoms with van der Waals surface area (Å²) in [6, 6.07) is 18.8. The lowest BCUT2D eigenvalue weighted by Gasteiger charge is -2.17. The Labute approximate surface area is 147 Å². The van der Waals surface area contributed by atoms with Crippen LogP contribution in [0.25, 0.3) is 0 Å². The van der Waals surface area contributed by atoms with Gasteiger partial charge in [0, 0.05) is 0 Å². The third-order valence-electron chi connectivity index (χ3n) is 4.11. The number of furan rings is 1. The molecular formula is C21H21NO3. The Kier molecular flexibility index (Phi) is 5.19. The molecule has 3 aromatic rings. The molecule has 0 aliphatic rings. The molecule has 0 saturated heterocycles. The van der Waals surface area contributed by atoms with Gasteiger partial charge in [-0.15, -0.1) is 0 Å². The van der Waals surface area contributed by atoms with Crippen LogP contribution in [0.3, 0.4) is 0 Å². The predicted octanol–water partition coefficient (Wildman–Crippen LogP) is 4.18. The highest BCUT2D eigenvalue weighted by atomic mass is 16.5. The van der Waals surface area contributed by atoms with Crippen molar-refractivity contribution in [2.24, 2.45) is 0 Å². The van der Waals surface area contributed by atoms with Gasteiger partial charge in [-0.1, -0.05) is 36.4 Å². The van der Waals surface area contributed by atoms with Crippen molar-refractivity contribution in [2.75, 3.05) is 6.61 Å². The first-order valence-electron chi connectivity index (χ1n) is 8.21. The molecule has 0 aliphatic heterocycles. The number of nitrogens with one attached hydrogen (secondary N) is 1. The molecular weight excluding hydrogens is 314 g/mol. The van der Waals surface area contributed by atoms with Gasteiger partial charge in [-0.3, -0.25) is 4.79 Å². The Hall–Kier alpha value is -3.01. The molecule has 1 amide bonds. The summed E-state index contributed by atoms with van der Waals surface area (Å²) < 4.78 is 11.1. The normalized spacial score (nSPS) is 11.8. The number of ether oxygens (including phenoxy) is 1. The summed E-state index contributed by atoms with van der Waals surface area (Å²) >= 11 is 0. The number of aryl methyl sites for hydroxylation is 2. The van der Waals surface area contributed by atoms with Gasteiger partial charge in [0.05, 0.1) is 6.26 Å². The Bertz CT molecular complexity index is 826. The maximum Gasteiger partial charge on any atom is 0.258 e. The fourth-order valence-corrected chi connectivity index (χ4v) is 2.57. The molecule has 3 rings (SSSR count). The van der Waals surface area contributed by atoms with Crippen LogP contribution in [0.5, 0.6) is 5.75 Å². The van der Waals surface area contributed by atoms with Gasteiger partial charge in [-0.05, 0) is 54.8 Å². The van der Waals surface area contributed by atoms with Crippen molar-refractivity contribution >= 4 is 5.91 Å². The molecule has 0 unspecified atom stereocenters. The molecule has 128 valence electrons. The van der Waals surface area contributed by atoms with E-state index in [1.807, 2.05) is 74.5 Å². The highest BCUT2D eigenvalue weighted by Gasteiger charge is 2.19. The molecule has 0 aliphatic carbocycles. The molecule has 2 aromatic carbocycles. The van der Waals surface area contributed by atoms with E-state index in [9.17, 15) is 4.79 Å². The second-order valence-electron chi connectivity index (χ2n) is 5.96. The van der Waals surface area contributed by atoms with Crippen LogP contribution in [-0.2, 0) is 4.79 Å². The number of carbonyl (C=O) groups is 1. The van der Waals surface area contributed by atoms with Crippen LogP contribution in [0.2, 0.25) is 0 Å². The van der Waals surface area contributed by atoms with Crippen LogP contribution in [0.4, 0.5) is 0 Å². The maximum atomic E-state index is 12.4. The van der Waals surface area contributed by atoms with Gasteiger partial charge in [-0.2, -0.15) is 0 Å². The number of amides is 1. The summed E-state index contributed by atoms with van der Waals surface area (Å²) in [6.45, 7) is 4.01. The standard InChI is InChI=1S/C21H21NO3/c1-15-10-11-18(13-16(15)2)25-14-20(23)22-21(19-9-6-12-24-19)17-7-4-3-5-8-17/h3-13,21H,14H2,1-2H3,(H,22,23)/t21-/m1/s1. The average molecular weight is 335 g/mol. The summed E-state index contributed by atoms with van der Waals surface area (Å²) in [4.78, 5) is 12.4. The van der Waals surface area contributed by atoms with E-state index in [4.69, 9.17) is 9.15 Å². The molecule has 1 atom stereocenters. The number of hydrogen-bond donors (Lipinski definition) is 1. The monoisotopic (exact) mass is 335 g/mol. The zero-order valence-corrected chi connectivity index (χ0v) is 14.4. The fourth-order valence-electron chi connectivity index (χ4n) is 2.57. The molecule has 0 bridgehead atoms. The van der Waals surface area contributed by atoms with Gasteiger partial charge in [0.1, 0.15) is 17.6 Å². The zero-order chi connectivity index (χ0) is 17.6. The lowest BCUT2D eigenvalue weighted by Crippen LogP contribution is -2.33. The third kappa shape index (κ3) is 4.29. The second kappa shape index (κ2) is 7.71. The Morgan fingerprint density at radius 3 is 2.52 bits per heavy atom. The van der Waals surface area contributed by atoms with Crippen molar-refractivity contribution in [1.29, 1.82) is 0 Å². The lowest BCUT2D eigenvalue weighted by molar-refractivity contribution is -0.123. The van der Waals surface area contributed by atoms with Crippen molar-refractivity contribution in [2.45, 2.75) is 19.9 Å². The number of benzene rings is 2. The van der Waals surface area contributed by atoms with E-state index < -0.39 is 0 Å². The van der Waals surface area contributed by atoms with Crippen LogP contribution in [0.15, 0.2) is 71.3 Å². The molecule has 0 saturated carbocycles. The topological polar surface area (TPSA) is 51.5 Å². The maximum absolute atomic E-state index is 12.4. The molecule has 1 aromatic heterocycles. The number of carbonyl (C=O) groups excluding carboxylic acids is 1. The summed E-state index contributed by atoms with van der Waals surface area (Å²) in [5.74, 6) is 1.17. The minimum Gasteiger partial charge on any atom is -0.484 e. The minimum atomic E-state index is -0.341. The largest absolute Gasteiger partial charge is 0.484 e. The Morgan fingerprint density at radius 1 is 1.04 bits per heavy atom. The number of hydrogen-bond acceptors (Lipinski definition) is 3. The summed E-state index contributed by atoms with van der Waals surface area (Å²) in [7, 11) is 0. The fraction of sp³-hybridized carbons (Fsp3) is 0.190. The first-order valence-corrected chi connectivity index (χ1v) is 8.21. The van der Waals surface area contributed by atoms with E-state index in [1.54, 1.807) is 6.26 Å². The highest BCUT2D eigenvalue weighted by Crippen LogP contribution is 2.22. The quantitative estimate of drug-likeness (QED) is 0.735. The SMILES string of the molecule is Cc1ccc(OCC(=O)N[C@H](c2ccccc2)c2ccco2)cc1C. The molecule has 0 spiro atoms. The van der Waals surface area contributed by atoms with Crippen molar-refractivity contribution in [1.82, 2.24) is 5.32 Å². The van der Waals surface area contributed by atoms with E-state index in [0.29, 0.717) is 11.5 Å². The van der Waals surface area contributed by atoms with Crippen molar-refractivity contribution < 1.29 is 13.9 Å². The molecule has 25 heavy (non-hydrogen) atoms. The van der Waals surface area contributed by atoms with Crippen molar-refractivity contribution in [3.8, 4) is 5.75 Å². The molecule has 1 heterocycles. The molecule has 4 nitrogen and oxygen atoms in total.